The number of rotatable bonds is 5. The average molecular weight is 322 g/mol. The SMILES string of the molecule is CC(=O)N[C@H]1CCCN(C(=O)C[S@@](=O)Cc2ccccc2)C1. The molecule has 1 N–H and O–H groups in total. The number of carbonyl (C=O) groups excluding carboxylic acids is 2. The van der Waals surface area contributed by atoms with Gasteiger partial charge in [-0.15, -0.1) is 0 Å². The Hall–Kier alpha value is -1.69. The summed E-state index contributed by atoms with van der Waals surface area (Å²) in [7, 11) is -1.20. The predicted molar refractivity (Wildman–Crippen MR) is 86.6 cm³/mol. The minimum absolute atomic E-state index is 0.0118. The molecule has 0 bridgehead atoms. The summed E-state index contributed by atoms with van der Waals surface area (Å²) in [6.45, 7) is 2.67. The topological polar surface area (TPSA) is 66.5 Å². The smallest absolute Gasteiger partial charge is 0.235 e. The number of benzene rings is 1. The zero-order valence-electron chi connectivity index (χ0n) is 12.8. The fourth-order valence-corrected chi connectivity index (χ4v) is 3.77. The summed E-state index contributed by atoms with van der Waals surface area (Å²) in [6, 6.07) is 9.55. The summed E-state index contributed by atoms with van der Waals surface area (Å²) in [4.78, 5) is 25.1. The van der Waals surface area contributed by atoms with Crippen molar-refractivity contribution in [2.45, 2.75) is 31.6 Å². The van der Waals surface area contributed by atoms with Gasteiger partial charge in [-0.2, -0.15) is 0 Å². The highest BCUT2D eigenvalue weighted by Crippen LogP contribution is 2.11. The van der Waals surface area contributed by atoms with E-state index in [2.05, 4.69) is 5.32 Å². The summed E-state index contributed by atoms with van der Waals surface area (Å²) < 4.78 is 12.1. The quantitative estimate of drug-likeness (QED) is 0.881. The minimum atomic E-state index is -1.20. The van der Waals surface area contributed by atoms with Crippen LogP contribution in [0, 0.1) is 0 Å². The third-order valence-electron chi connectivity index (χ3n) is 3.64. The fourth-order valence-electron chi connectivity index (χ4n) is 2.65. The third-order valence-corrected chi connectivity index (χ3v) is 4.86. The van der Waals surface area contributed by atoms with Crippen LogP contribution in [0.25, 0.3) is 0 Å². The zero-order chi connectivity index (χ0) is 15.9. The molecule has 1 aromatic carbocycles. The van der Waals surface area contributed by atoms with E-state index in [9.17, 15) is 13.8 Å². The Bertz CT molecular complexity index is 548. The highest BCUT2D eigenvalue weighted by molar-refractivity contribution is 7.84. The molecule has 0 saturated carbocycles. The first-order valence-corrected chi connectivity index (χ1v) is 8.97. The van der Waals surface area contributed by atoms with Crippen LogP contribution in [0.3, 0.4) is 0 Å². The lowest BCUT2D eigenvalue weighted by Gasteiger charge is -2.33. The molecule has 1 fully saturated rings. The van der Waals surface area contributed by atoms with Gasteiger partial charge in [0.2, 0.25) is 11.8 Å². The van der Waals surface area contributed by atoms with E-state index in [1.165, 1.54) is 6.92 Å². The lowest BCUT2D eigenvalue weighted by Crippen LogP contribution is -2.50. The Morgan fingerprint density at radius 3 is 2.73 bits per heavy atom. The van der Waals surface area contributed by atoms with Gasteiger partial charge in [0.15, 0.2) is 0 Å². The molecule has 0 radical (unpaired) electrons. The van der Waals surface area contributed by atoms with Gasteiger partial charge in [-0.05, 0) is 18.4 Å². The molecule has 1 heterocycles. The lowest BCUT2D eigenvalue weighted by atomic mass is 10.1. The van der Waals surface area contributed by atoms with Crippen molar-refractivity contribution in [3.8, 4) is 0 Å². The van der Waals surface area contributed by atoms with Gasteiger partial charge in [-0.25, -0.2) is 0 Å². The van der Waals surface area contributed by atoms with Crippen molar-refractivity contribution in [1.29, 1.82) is 0 Å². The molecule has 1 saturated heterocycles. The Morgan fingerprint density at radius 1 is 1.32 bits per heavy atom. The number of amides is 2. The van der Waals surface area contributed by atoms with Gasteiger partial charge < -0.3 is 10.2 Å². The van der Waals surface area contributed by atoms with E-state index in [4.69, 9.17) is 0 Å². The molecule has 22 heavy (non-hydrogen) atoms. The van der Waals surface area contributed by atoms with Crippen LogP contribution >= 0.6 is 0 Å². The molecule has 2 atom stereocenters. The van der Waals surface area contributed by atoms with Gasteiger partial charge in [0.05, 0.1) is 0 Å². The summed E-state index contributed by atoms with van der Waals surface area (Å²) in [5.41, 5.74) is 0.975. The zero-order valence-corrected chi connectivity index (χ0v) is 13.6. The average Bonchev–Trinajstić information content (AvgIpc) is 2.47. The van der Waals surface area contributed by atoms with E-state index >= 15 is 0 Å². The Balaban J connectivity index is 1.83. The molecule has 0 aromatic heterocycles. The second kappa shape index (κ2) is 8.08. The molecule has 2 rings (SSSR count). The van der Waals surface area contributed by atoms with Crippen LogP contribution in [0.4, 0.5) is 0 Å². The van der Waals surface area contributed by atoms with Crippen LogP contribution in [0.15, 0.2) is 30.3 Å². The van der Waals surface area contributed by atoms with Crippen molar-refractivity contribution in [2.75, 3.05) is 18.8 Å². The number of piperidine rings is 1. The Kier molecular flexibility index (Phi) is 6.12. The van der Waals surface area contributed by atoms with Gasteiger partial charge in [0, 0.05) is 42.6 Å². The van der Waals surface area contributed by atoms with Crippen LogP contribution in [0.5, 0.6) is 0 Å². The van der Waals surface area contributed by atoms with E-state index in [1.54, 1.807) is 4.90 Å². The summed E-state index contributed by atoms with van der Waals surface area (Å²) in [6.07, 6.45) is 1.75. The van der Waals surface area contributed by atoms with E-state index < -0.39 is 10.8 Å². The molecule has 1 aromatic rings. The van der Waals surface area contributed by atoms with E-state index in [0.29, 0.717) is 18.8 Å². The third kappa shape index (κ3) is 5.26. The van der Waals surface area contributed by atoms with Crippen molar-refractivity contribution in [2.24, 2.45) is 0 Å². The van der Waals surface area contributed by atoms with Gasteiger partial charge in [-0.3, -0.25) is 13.8 Å². The number of nitrogens with zero attached hydrogens (tertiary/aromatic N) is 1. The van der Waals surface area contributed by atoms with Crippen molar-refractivity contribution in [3.63, 3.8) is 0 Å². The monoisotopic (exact) mass is 322 g/mol. The first-order chi connectivity index (χ1) is 10.5. The van der Waals surface area contributed by atoms with Gasteiger partial charge in [0.1, 0.15) is 5.75 Å². The maximum Gasteiger partial charge on any atom is 0.235 e. The fraction of sp³-hybridized carbons (Fsp3) is 0.500. The van der Waals surface area contributed by atoms with Crippen molar-refractivity contribution >= 4 is 22.6 Å². The molecule has 5 nitrogen and oxygen atoms in total. The second-order valence-electron chi connectivity index (χ2n) is 5.59. The summed E-state index contributed by atoms with van der Waals surface area (Å²) in [5, 5.41) is 2.85. The highest BCUT2D eigenvalue weighted by atomic mass is 32.2. The normalized spacial score (nSPS) is 19.5. The standard InChI is InChI=1S/C16H22N2O3S/c1-13(19)17-15-8-5-9-18(10-15)16(20)12-22(21)11-14-6-3-2-4-7-14/h2-4,6-7,15H,5,8-12H2,1H3,(H,17,19)/t15-,22-/m0/s1. The van der Waals surface area contributed by atoms with Gasteiger partial charge >= 0.3 is 0 Å². The number of likely N-dealkylation sites (tertiary alicyclic amines) is 1. The Labute approximate surface area is 133 Å². The first kappa shape index (κ1) is 16.7. The van der Waals surface area contributed by atoms with Crippen LogP contribution in [0.1, 0.15) is 25.3 Å². The van der Waals surface area contributed by atoms with E-state index in [1.807, 2.05) is 30.3 Å². The second-order valence-corrected chi connectivity index (χ2v) is 7.05. The summed E-state index contributed by atoms with van der Waals surface area (Å²) >= 11 is 0. The number of carbonyl (C=O) groups is 2. The van der Waals surface area contributed by atoms with Crippen molar-refractivity contribution in [3.05, 3.63) is 35.9 Å². The predicted octanol–water partition coefficient (Wildman–Crippen LogP) is 1.06. The molecule has 1 aliphatic rings. The molecule has 6 heteroatoms. The number of hydrogen-bond donors (Lipinski definition) is 1. The van der Waals surface area contributed by atoms with E-state index in [-0.39, 0.29) is 23.6 Å². The molecular formula is C16H22N2O3S. The first-order valence-electron chi connectivity index (χ1n) is 7.48. The molecular weight excluding hydrogens is 300 g/mol. The van der Waals surface area contributed by atoms with E-state index in [0.717, 1.165) is 18.4 Å². The molecule has 0 aliphatic carbocycles. The summed E-state index contributed by atoms with van der Waals surface area (Å²) in [5.74, 6) is 0.272. The maximum atomic E-state index is 12.3. The molecule has 0 spiro atoms. The van der Waals surface area contributed by atoms with Crippen LogP contribution in [0.2, 0.25) is 0 Å². The van der Waals surface area contributed by atoms with Crippen LogP contribution in [-0.4, -0.2) is 45.8 Å². The molecule has 1 aliphatic heterocycles. The van der Waals surface area contributed by atoms with Crippen LogP contribution in [-0.2, 0) is 26.1 Å². The maximum absolute atomic E-state index is 12.3. The Morgan fingerprint density at radius 2 is 2.05 bits per heavy atom. The largest absolute Gasteiger partial charge is 0.352 e. The molecule has 0 unspecified atom stereocenters. The van der Waals surface area contributed by atoms with Crippen molar-refractivity contribution < 1.29 is 13.8 Å². The van der Waals surface area contributed by atoms with Gasteiger partial charge in [0.25, 0.3) is 0 Å². The highest BCUT2D eigenvalue weighted by Gasteiger charge is 2.24. The van der Waals surface area contributed by atoms with Crippen molar-refractivity contribution in [1.82, 2.24) is 10.2 Å². The van der Waals surface area contributed by atoms with Crippen LogP contribution < -0.4 is 5.32 Å². The number of hydrogen-bond acceptors (Lipinski definition) is 3. The number of nitrogens with one attached hydrogen (secondary N) is 1. The molecule has 120 valence electrons. The minimum Gasteiger partial charge on any atom is -0.352 e. The molecule has 2 amide bonds. The lowest BCUT2D eigenvalue weighted by molar-refractivity contribution is -0.130. The van der Waals surface area contributed by atoms with Gasteiger partial charge in [-0.1, -0.05) is 30.3 Å².